The monoisotopic (exact) mass is 370 g/mol. The number of hydrazone groups is 1. The van der Waals surface area contributed by atoms with Crippen molar-refractivity contribution in [2.45, 2.75) is 12.8 Å². The van der Waals surface area contributed by atoms with Gasteiger partial charge in [-0.15, -0.1) is 0 Å². The third-order valence-electron chi connectivity index (χ3n) is 4.49. The van der Waals surface area contributed by atoms with Crippen LogP contribution in [0, 0.1) is 11.7 Å². The van der Waals surface area contributed by atoms with E-state index in [9.17, 15) is 9.18 Å². The van der Waals surface area contributed by atoms with E-state index in [0.29, 0.717) is 5.82 Å². The molecule has 1 aliphatic carbocycles. The van der Waals surface area contributed by atoms with Crippen molar-refractivity contribution in [3.63, 3.8) is 0 Å². The predicted molar refractivity (Wildman–Crippen MR) is 104 cm³/mol. The van der Waals surface area contributed by atoms with Gasteiger partial charge in [-0.05, 0) is 61.1 Å². The molecule has 1 amide bonds. The fraction of sp³-hybridized carbons (Fsp3) is 0.263. The fourth-order valence-corrected chi connectivity index (χ4v) is 4.21. The smallest absolute Gasteiger partial charge is 0.228 e. The molecule has 0 saturated heterocycles. The Morgan fingerprint density at radius 3 is 2.65 bits per heavy atom. The molecule has 0 spiro atoms. The molecule has 1 aliphatic heterocycles. The van der Waals surface area contributed by atoms with Gasteiger partial charge >= 0.3 is 0 Å². The lowest BCUT2D eigenvalue weighted by molar-refractivity contribution is -0.117. The molecule has 2 aromatic rings. The van der Waals surface area contributed by atoms with Gasteiger partial charge in [-0.25, -0.2) is 13.8 Å². The summed E-state index contributed by atoms with van der Waals surface area (Å²) >= 11 is 0. The largest absolute Gasteiger partial charge is 0.310 e. The van der Waals surface area contributed by atoms with Gasteiger partial charge < -0.3 is 5.32 Å². The van der Waals surface area contributed by atoms with Crippen LogP contribution in [-0.4, -0.2) is 39.2 Å². The normalized spacial score (nSPS) is 19.5. The molecule has 1 fully saturated rings. The highest BCUT2D eigenvalue weighted by molar-refractivity contribution is 8.15. The highest BCUT2D eigenvalue weighted by Crippen LogP contribution is 2.31. The number of anilines is 1. The Labute approximate surface area is 154 Å². The number of aromatic nitrogens is 1. The van der Waals surface area contributed by atoms with Crippen LogP contribution in [0.3, 0.4) is 0 Å². The molecule has 2 aliphatic rings. The van der Waals surface area contributed by atoms with Crippen molar-refractivity contribution in [3.05, 3.63) is 59.5 Å². The molecular weight excluding hydrogens is 351 g/mol. The standard InChI is InChI=1S/C19H19FN4OS/c1-24-23-17(12-5-7-15(20)8-6-12)18(26(24)2)14-9-10-21-16(11-14)22-19(25)13-3-4-13/h5-11,13H,3-4H2,1-2H3,(H,21,22,25). The molecule has 1 unspecified atom stereocenters. The fourth-order valence-electron chi connectivity index (χ4n) is 2.84. The number of hydrogen-bond acceptors (Lipinski definition) is 4. The summed E-state index contributed by atoms with van der Waals surface area (Å²) in [6.45, 7) is 0. The lowest BCUT2D eigenvalue weighted by atomic mass is 10.0. The van der Waals surface area contributed by atoms with Gasteiger partial charge in [0, 0.05) is 24.7 Å². The minimum absolute atomic E-state index is 0.0334. The predicted octanol–water partition coefficient (Wildman–Crippen LogP) is 3.25. The van der Waals surface area contributed by atoms with E-state index in [-0.39, 0.29) is 28.3 Å². The molecule has 7 heteroatoms. The first kappa shape index (κ1) is 16.9. The summed E-state index contributed by atoms with van der Waals surface area (Å²) in [6, 6.07) is 10.2. The van der Waals surface area contributed by atoms with E-state index in [1.54, 1.807) is 18.3 Å². The van der Waals surface area contributed by atoms with Gasteiger partial charge in [-0.2, -0.15) is 5.10 Å². The van der Waals surface area contributed by atoms with Crippen LogP contribution in [0.2, 0.25) is 0 Å². The first-order valence-electron chi connectivity index (χ1n) is 8.42. The molecule has 4 rings (SSSR count). The molecule has 5 nitrogen and oxygen atoms in total. The Kier molecular flexibility index (Phi) is 4.32. The van der Waals surface area contributed by atoms with E-state index in [1.165, 1.54) is 12.1 Å². The minimum Gasteiger partial charge on any atom is -0.310 e. The molecule has 0 bridgehead atoms. The van der Waals surface area contributed by atoms with Gasteiger partial charge in [0.05, 0.1) is 4.86 Å². The average Bonchev–Trinajstić information content (AvgIpc) is 3.43. The molecule has 134 valence electrons. The second-order valence-electron chi connectivity index (χ2n) is 6.42. The molecule has 1 saturated carbocycles. The third-order valence-corrected chi connectivity index (χ3v) is 6.38. The highest BCUT2D eigenvalue weighted by Gasteiger charge is 2.30. The first-order chi connectivity index (χ1) is 12.5. The van der Waals surface area contributed by atoms with Gasteiger partial charge in [-0.3, -0.25) is 4.79 Å². The average molecular weight is 370 g/mol. The van der Waals surface area contributed by atoms with Crippen LogP contribution in [0.25, 0.3) is 0 Å². The number of benzene rings is 1. The number of hydrogen-bond donors (Lipinski definition) is 1. The van der Waals surface area contributed by atoms with Gasteiger partial charge in [0.25, 0.3) is 0 Å². The van der Waals surface area contributed by atoms with Crippen LogP contribution < -0.4 is 5.32 Å². The van der Waals surface area contributed by atoms with E-state index in [1.807, 2.05) is 23.6 Å². The lowest BCUT2D eigenvalue weighted by Gasteiger charge is -2.12. The first-order valence-corrected chi connectivity index (χ1v) is 10.0. The minimum atomic E-state index is -0.272. The zero-order valence-corrected chi connectivity index (χ0v) is 15.4. The number of pyridine rings is 1. The number of nitrogens with one attached hydrogen (secondary N) is 1. The summed E-state index contributed by atoms with van der Waals surface area (Å²) in [7, 11) is 1.68. The number of halogens is 1. The summed E-state index contributed by atoms with van der Waals surface area (Å²) in [4.78, 5) is 17.3. The van der Waals surface area contributed by atoms with E-state index < -0.39 is 0 Å². The van der Waals surface area contributed by atoms with E-state index >= 15 is 0 Å². The maximum atomic E-state index is 13.3. The summed E-state index contributed by atoms with van der Waals surface area (Å²) in [6.07, 6.45) is 5.70. The third kappa shape index (κ3) is 3.26. The maximum absolute atomic E-state index is 13.3. The molecule has 26 heavy (non-hydrogen) atoms. The van der Waals surface area contributed by atoms with Crippen LogP contribution in [0.4, 0.5) is 10.2 Å². The Bertz CT molecular complexity index is 935. The highest BCUT2D eigenvalue weighted by atomic mass is 32.2. The maximum Gasteiger partial charge on any atom is 0.228 e. The summed E-state index contributed by atoms with van der Waals surface area (Å²) in [5, 5.41) is 7.54. The van der Waals surface area contributed by atoms with E-state index in [2.05, 4.69) is 21.7 Å². The molecule has 1 aromatic heterocycles. The number of rotatable bonds is 4. The van der Waals surface area contributed by atoms with E-state index in [4.69, 9.17) is 0 Å². The van der Waals surface area contributed by atoms with E-state index in [0.717, 1.165) is 34.5 Å². The van der Waals surface area contributed by atoms with Crippen molar-refractivity contribution in [3.8, 4) is 0 Å². The number of carbonyl (C=O) groups excluding carboxylic acids is 1. The molecular formula is C19H19FN4OS. The zero-order valence-electron chi connectivity index (χ0n) is 14.6. The summed E-state index contributed by atoms with van der Waals surface area (Å²) in [5.74, 6) is 0.442. The molecule has 1 atom stereocenters. The Hall–Kier alpha value is -2.54. The van der Waals surface area contributed by atoms with Crippen molar-refractivity contribution in [2.75, 3.05) is 18.6 Å². The molecule has 2 heterocycles. The Morgan fingerprint density at radius 2 is 1.96 bits per heavy atom. The second kappa shape index (κ2) is 6.64. The molecule has 0 radical (unpaired) electrons. The van der Waals surface area contributed by atoms with Crippen molar-refractivity contribution in [1.82, 2.24) is 9.40 Å². The van der Waals surface area contributed by atoms with Crippen molar-refractivity contribution in [2.24, 2.45) is 11.0 Å². The summed E-state index contributed by atoms with van der Waals surface area (Å²) < 4.78 is 15.2. The molecule has 1 aromatic carbocycles. The van der Waals surface area contributed by atoms with Crippen LogP contribution in [0.15, 0.2) is 47.7 Å². The number of amides is 1. The number of nitrogens with zero attached hydrogens (tertiary/aromatic N) is 3. The lowest BCUT2D eigenvalue weighted by Crippen LogP contribution is -2.17. The zero-order chi connectivity index (χ0) is 18.3. The Morgan fingerprint density at radius 1 is 1.23 bits per heavy atom. The summed E-state index contributed by atoms with van der Waals surface area (Å²) in [5.41, 5.74) is 2.65. The van der Waals surface area contributed by atoms with Gasteiger partial charge in [0.15, 0.2) is 0 Å². The van der Waals surface area contributed by atoms with Crippen LogP contribution in [-0.2, 0) is 4.79 Å². The van der Waals surface area contributed by atoms with Gasteiger partial charge in [0.1, 0.15) is 17.3 Å². The topological polar surface area (TPSA) is 57.6 Å². The van der Waals surface area contributed by atoms with Crippen molar-refractivity contribution >= 4 is 33.0 Å². The molecule has 1 N–H and O–H groups in total. The SMILES string of the molecule is CN1N=C(c2ccc(F)cc2)C(c2ccnc(NC(=O)C3CC3)c2)=S1C. The Balaban J connectivity index is 1.69. The quantitative estimate of drug-likeness (QED) is 0.841. The number of carbonyl (C=O) groups is 1. The van der Waals surface area contributed by atoms with Gasteiger partial charge in [0.2, 0.25) is 5.91 Å². The van der Waals surface area contributed by atoms with Gasteiger partial charge in [-0.1, -0.05) is 10.7 Å². The van der Waals surface area contributed by atoms with Crippen molar-refractivity contribution < 1.29 is 9.18 Å². The van der Waals surface area contributed by atoms with Crippen LogP contribution in [0.1, 0.15) is 24.0 Å². The van der Waals surface area contributed by atoms with Crippen LogP contribution in [0.5, 0.6) is 0 Å². The second-order valence-corrected chi connectivity index (χ2v) is 8.31. The van der Waals surface area contributed by atoms with Crippen molar-refractivity contribution in [1.29, 1.82) is 0 Å². The van der Waals surface area contributed by atoms with Crippen LogP contribution >= 0.6 is 10.7 Å².